The van der Waals surface area contributed by atoms with Gasteiger partial charge in [0.05, 0.1) is 0 Å². The summed E-state index contributed by atoms with van der Waals surface area (Å²) < 4.78 is 16.2. The fourth-order valence-electron chi connectivity index (χ4n) is 2.42. The number of primary amides is 1. The molecule has 27 heavy (non-hydrogen) atoms. The molecule has 1 amide bonds. The Morgan fingerprint density at radius 1 is 1.11 bits per heavy atom. The van der Waals surface area contributed by atoms with Gasteiger partial charge in [-0.2, -0.15) is 4.98 Å². The Hall–Kier alpha value is -3.06. The highest BCUT2D eigenvalue weighted by Crippen LogP contribution is 2.26. The Balaban J connectivity index is 1.64. The zero-order valence-corrected chi connectivity index (χ0v) is 15.6. The molecule has 0 aliphatic heterocycles. The van der Waals surface area contributed by atoms with Gasteiger partial charge in [-0.15, -0.1) is 0 Å². The fourth-order valence-corrected chi connectivity index (χ4v) is 2.53. The summed E-state index contributed by atoms with van der Waals surface area (Å²) >= 11 is 6.16. The van der Waals surface area contributed by atoms with Crippen LogP contribution in [0.1, 0.15) is 17.0 Å². The zero-order chi connectivity index (χ0) is 19.4. The normalized spacial score (nSPS) is 10.6. The van der Waals surface area contributed by atoms with Crippen LogP contribution in [0, 0.1) is 13.8 Å². The second kappa shape index (κ2) is 8.09. The van der Waals surface area contributed by atoms with E-state index in [-0.39, 0.29) is 13.2 Å². The number of aryl methyl sites for hydroxylation is 2. The van der Waals surface area contributed by atoms with Crippen LogP contribution in [0.4, 0.5) is 0 Å². The van der Waals surface area contributed by atoms with Crippen LogP contribution in [0.3, 0.4) is 0 Å². The van der Waals surface area contributed by atoms with Crippen molar-refractivity contribution in [3.8, 4) is 22.9 Å². The smallest absolute Gasteiger partial charge is 0.264 e. The van der Waals surface area contributed by atoms with E-state index in [4.69, 9.17) is 31.3 Å². The molecule has 0 saturated carbocycles. The maximum Gasteiger partial charge on any atom is 0.264 e. The molecule has 2 aromatic carbocycles. The third-order valence-electron chi connectivity index (χ3n) is 3.73. The number of rotatable bonds is 7. The average molecular weight is 388 g/mol. The molecule has 3 aromatic rings. The average Bonchev–Trinajstić information content (AvgIpc) is 3.12. The zero-order valence-electron chi connectivity index (χ0n) is 14.9. The lowest BCUT2D eigenvalue weighted by atomic mass is 10.1. The highest BCUT2D eigenvalue weighted by atomic mass is 35.5. The standard InChI is InChI=1S/C19H18ClN3O4/c1-11-7-15(8-12(2)18(11)20)26-10-17-22-19(23-27-17)13-3-5-14(6-4-13)25-9-16(21)24/h3-8H,9-10H2,1-2H3,(H2,21,24). The van der Waals surface area contributed by atoms with E-state index in [1.165, 1.54) is 0 Å². The molecule has 0 aliphatic carbocycles. The molecule has 1 heterocycles. The predicted molar refractivity (Wildman–Crippen MR) is 99.7 cm³/mol. The first-order chi connectivity index (χ1) is 12.9. The number of nitrogens with zero attached hydrogens (tertiary/aromatic N) is 2. The van der Waals surface area contributed by atoms with Crippen molar-refractivity contribution in [3.05, 3.63) is 58.4 Å². The molecule has 7 nitrogen and oxygen atoms in total. The number of benzene rings is 2. The summed E-state index contributed by atoms with van der Waals surface area (Å²) in [6.45, 7) is 3.81. The van der Waals surface area contributed by atoms with Crippen molar-refractivity contribution in [2.75, 3.05) is 6.61 Å². The third-order valence-corrected chi connectivity index (χ3v) is 4.33. The summed E-state index contributed by atoms with van der Waals surface area (Å²) in [5.74, 6) is 1.46. The van der Waals surface area contributed by atoms with Gasteiger partial charge >= 0.3 is 0 Å². The maximum absolute atomic E-state index is 10.7. The van der Waals surface area contributed by atoms with Crippen molar-refractivity contribution in [1.29, 1.82) is 0 Å². The molecule has 0 bridgehead atoms. The summed E-state index contributed by atoms with van der Waals surface area (Å²) in [6, 6.07) is 10.6. The summed E-state index contributed by atoms with van der Waals surface area (Å²) in [5, 5.41) is 4.68. The van der Waals surface area contributed by atoms with Crippen molar-refractivity contribution >= 4 is 17.5 Å². The second-order valence-electron chi connectivity index (χ2n) is 5.95. The minimum atomic E-state index is -0.534. The van der Waals surface area contributed by atoms with Gasteiger partial charge in [-0.25, -0.2) is 0 Å². The van der Waals surface area contributed by atoms with E-state index in [0.29, 0.717) is 23.2 Å². The molecular weight excluding hydrogens is 370 g/mol. The molecule has 0 unspecified atom stereocenters. The highest BCUT2D eigenvalue weighted by molar-refractivity contribution is 6.32. The fraction of sp³-hybridized carbons (Fsp3) is 0.211. The van der Waals surface area contributed by atoms with Gasteiger partial charge in [-0.1, -0.05) is 16.8 Å². The van der Waals surface area contributed by atoms with Crippen LogP contribution in [-0.2, 0) is 11.4 Å². The van der Waals surface area contributed by atoms with E-state index >= 15 is 0 Å². The summed E-state index contributed by atoms with van der Waals surface area (Å²) in [6.07, 6.45) is 0. The Morgan fingerprint density at radius 3 is 2.41 bits per heavy atom. The topological polar surface area (TPSA) is 100 Å². The van der Waals surface area contributed by atoms with E-state index < -0.39 is 5.91 Å². The lowest BCUT2D eigenvalue weighted by Gasteiger charge is -2.08. The van der Waals surface area contributed by atoms with Crippen LogP contribution < -0.4 is 15.2 Å². The number of hydrogen-bond acceptors (Lipinski definition) is 6. The largest absolute Gasteiger partial charge is 0.484 e. The van der Waals surface area contributed by atoms with Gasteiger partial charge < -0.3 is 19.7 Å². The molecule has 1 aromatic heterocycles. The van der Waals surface area contributed by atoms with Gasteiger partial charge in [-0.05, 0) is 61.4 Å². The molecule has 0 spiro atoms. The van der Waals surface area contributed by atoms with Crippen molar-refractivity contribution in [1.82, 2.24) is 10.1 Å². The first-order valence-electron chi connectivity index (χ1n) is 8.16. The number of nitrogens with two attached hydrogens (primary N) is 1. The molecule has 0 fully saturated rings. The van der Waals surface area contributed by atoms with Crippen molar-refractivity contribution in [2.24, 2.45) is 5.73 Å². The first-order valence-corrected chi connectivity index (χ1v) is 8.54. The maximum atomic E-state index is 10.7. The molecule has 0 atom stereocenters. The molecule has 2 N–H and O–H groups in total. The number of carbonyl (C=O) groups excluding carboxylic acids is 1. The van der Waals surface area contributed by atoms with Crippen LogP contribution in [0.5, 0.6) is 11.5 Å². The summed E-state index contributed by atoms with van der Waals surface area (Å²) in [5.41, 5.74) is 7.67. The van der Waals surface area contributed by atoms with Crippen LogP contribution in [-0.4, -0.2) is 22.7 Å². The van der Waals surface area contributed by atoms with Gasteiger partial charge in [0.25, 0.3) is 11.8 Å². The third kappa shape index (κ3) is 4.77. The van der Waals surface area contributed by atoms with Gasteiger partial charge in [0.1, 0.15) is 11.5 Å². The molecule has 8 heteroatoms. The quantitative estimate of drug-likeness (QED) is 0.666. The van der Waals surface area contributed by atoms with Crippen molar-refractivity contribution < 1.29 is 18.8 Å². The minimum Gasteiger partial charge on any atom is -0.484 e. The van der Waals surface area contributed by atoms with Gasteiger partial charge in [0, 0.05) is 10.6 Å². The highest BCUT2D eigenvalue weighted by Gasteiger charge is 2.11. The van der Waals surface area contributed by atoms with Crippen LogP contribution in [0.15, 0.2) is 40.9 Å². The number of carbonyl (C=O) groups is 1. The Kier molecular flexibility index (Phi) is 5.61. The number of hydrogen-bond donors (Lipinski definition) is 1. The van der Waals surface area contributed by atoms with Gasteiger partial charge in [-0.3, -0.25) is 4.79 Å². The summed E-state index contributed by atoms with van der Waals surface area (Å²) in [4.78, 5) is 15.0. The van der Waals surface area contributed by atoms with Crippen LogP contribution >= 0.6 is 11.6 Å². The van der Waals surface area contributed by atoms with Crippen LogP contribution in [0.2, 0.25) is 5.02 Å². The number of halogens is 1. The van der Waals surface area contributed by atoms with E-state index in [1.807, 2.05) is 26.0 Å². The number of aromatic nitrogens is 2. The Labute approximate surface area is 161 Å². The van der Waals surface area contributed by atoms with Crippen LogP contribution in [0.25, 0.3) is 11.4 Å². The van der Waals surface area contributed by atoms with E-state index in [0.717, 1.165) is 21.7 Å². The lowest BCUT2D eigenvalue weighted by molar-refractivity contribution is -0.119. The van der Waals surface area contributed by atoms with E-state index in [2.05, 4.69) is 10.1 Å². The SMILES string of the molecule is Cc1cc(OCc2nc(-c3ccc(OCC(N)=O)cc3)no2)cc(C)c1Cl. The summed E-state index contributed by atoms with van der Waals surface area (Å²) in [7, 11) is 0. The molecular formula is C19H18ClN3O4. The van der Waals surface area contributed by atoms with Crippen molar-refractivity contribution in [3.63, 3.8) is 0 Å². The molecule has 0 radical (unpaired) electrons. The molecule has 3 rings (SSSR count). The van der Waals surface area contributed by atoms with E-state index in [1.54, 1.807) is 24.3 Å². The van der Waals surface area contributed by atoms with Crippen molar-refractivity contribution in [2.45, 2.75) is 20.5 Å². The molecule has 0 aliphatic rings. The second-order valence-corrected chi connectivity index (χ2v) is 6.33. The monoisotopic (exact) mass is 387 g/mol. The predicted octanol–water partition coefficient (Wildman–Crippen LogP) is 3.45. The molecule has 0 saturated heterocycles. The number of amides is 1. The first kappa shape index (κ1) is 18.7. The lowest BCUT2D eigenvalue weighted by Crippen LogP contribution is -2.19. The Bertz CT molecular complexity index is 931. The minimum absolute atomic E-state index is 0.146. The van der Waals surface area contributed by atoms with Gasteiger partial charge in [0.15, 0.2) is 13.2 Å². The van der Waals surface area contributed by atoms with E-state index in [9.17, 15) is 4.79 Å². The number of ether oxygens (including phenoxy) is 2. The molecule has 140 valence electrons. The Morgan fingerprint density at radius 2 is 1.78 bits per heavy atom. The van der Waals surface area contributed by atoms with Gasteiger partial charge in [0.2, 0.25) is 5.82 Å².